The Bertz CT molecular complexity index is 430. The van der Waals surface area contributed by atoms with E-state index in [2.05, 4.69) is 22.2 Å². The smallest absolute Gasteiger partial charge is 0.0863 e. The summed E-state index contributed by atoms with van der Waals surface area (Å²) in [5, 5.41) is 8.83. The molecule has 4 nitrogen and oxygen atoms in total. The van der Waals surface area contributed by atoms with Crippen LogP contribution in [0.2, 0.25) is 5.02 Å². The first kappa shape index (κ1) is 12.5. The predicted molar refractivity (Wildman–Crippen MR) is 72.7 cm³/mol. The summed E-state index contributed by atoms with van der Waals surface area (Å²) in [6.45, 7) is 7.79. The van der Waals surface area contributed by atoms with Crippen LogP contribution in [0.3, 0.4) is 0 Å². The van der Waals surface area contributed by atoms with Crippen LogP contribution in [-0.2, 0) is 20.0 Å². The van der Waals surface area contributed by atoms with Crippen LogP contribution in [0.15, 0.2) is 0 Å². The molecule has 0 aliphatic carbocycles. The highest BCUT2D eigenvalue weighted by Crippen LogP contribution is 2.29. The second-order valence-corrected chi connectivity index (χ2v) is 5.93. The minimum Gasteiger partial charge on any atom is -0.316 e. The summed E-state index contributed by atoms with van der Waals surface area (Å²) < 4.78 is 1.95. The second kappa shape index (κ2) is 4.83. The molecule has 0 unspecified atom stereocenters. The molecular formula is C13H21ClN4. The van der Waals surface area contributed by atoms with Gasteiger partial charge in [0.2, 0.25) is 0 Å². The summed E-state index contributed by atoms with van der Waals surface area (Å²) in [7, 11) is 2.00. The number of fused-ring (bicyclic) bond motifs is 1. The van der Waals surface area contributed by atoms with Crippen LogP contribution in [0.5, 0.6) is 0 Å². The third-order valence-electron chi connectivity index (χ3n) is 4.34. The van der Waals surface area contributed by atoms with E-state index in [1.165, 1.54) is 31.9 Å². The first-order valence-electron chi connectivity index (χ1n) is 6.82. The van der Waals surface area contributed by atoms with Gasteiger partial charge in [-0.05, 0) is 31.3 Å². The largest absolute Gasteiger partial charge is 0.316 e. The standard InChI is InChI=1S/C13H21ClN4/c1-3-11-13(14)12(17(2)16-11)8-18-6-9-4-15-5-10(9)7-18/h9-10,15H,3-8H2,1-2H3/t9-,10+. The quantitative estimate of drug-likeness (QED) is 0.897. The Morgan fingerprint density at radius 2 is 2.00 bits per heavy atom. The van der Waals surface area contributed by atoms with Crippen molar-refractivity contribution in [1.29, 1.82) is 0 Å². The van der Waals surface area contributed by atoms with Gasteiger partial charge < -0.3 is 5.32 Å². The van der Waals surface area contributed by atoms with Crippen molar-refractivity contribution in [3.8, 4) is 0 Å². The summed E-state index contributed by atoms with van der Waals surface area (Å²) in [5.74, 6) is 1.67. The van der Waals surface area contributed by atoms with Gasteiger partial charge in [-0.2, -0.15) is 5.10 Å². The number of likely N-dealkylation sites (tertiary alicyclic amines) is 1. The van der Waals surface area contributed by atoms with E-state index in [-0.39, 0.29) is 0 Å². The van der Waals surface area contributed by atoms with Gasteiger partial charge in [-0.3, -0.25) is 9.58 Å². The van der Waals surface area contributed by atoms with Gasteiger partial charge in [0.1, 0.15) is 0 Å². The van der Waals surface area contributed by atoms with Crippen LogP contribution in [0.25, 0.3) is 0 Å². The van der Waals surface area contributed by atoms with Crippen molar-refractivity contribution in [2.45, 2.75) is 19.9 Å². The Labute approximate surface area is 113 Å². The Kier molecular flexibility index (Phi) is 3.34. The molecule has 5 heteroatoms. The molecule has 1 N–H and O–H groups in total. The van der Waals surface area contributed by atoms with Crippen molar-refractivity contribution in [2.75, 3.05) is 26.2 Å². The third kappa shape index (κ3) is 2.06. The Morgan fingerprint density at radius 3 is 2.56 bits per heavy atom. The van der Waals surface area contributed by atoms with Crippen LogP contribution in [0.1, 0.15) is 18.3 Å². The third-order valence-corrected chi connectivity index (χ3v) is 4.78. The van der Waals surface area contributed by atoms with Crippen LogP contribution in [0.4, 0.5) is 0 Å². The number of aromatic nitrogens is 2. The van der Waals surface area contributed by atoms with Crippen LogP contribution in [-0.4, -0.2) is 40.9 Å². The van der Waals surface area contributed by atoms with E-state index in [0.717, 1.165) is 35.5 Å². The average molecular weight is 269 g/mol. The second-order valence-electron chi connectivity index (χ2n) is 5.56. The van der Waals surface area contributed by atoms with Crippen molar-refractivity contribution in [1.82, 2.24) is 20.0 Å². The summed E-state index contributed by atoms with van der Waals surface area (Å²) in [5.41, 5.74) is 2.19. The number of aryl methyl sites for hydroxylation is 2. The summed E-state index contributed by atoms with van der Waals surface area (Å²) in [6.07, 6.45) is 0.905. The minimum atomic E-state index is 0.836. The lowest BCUT2D eigenvalue weighted by molar-refractivity contribution is 0.297. The van der Waals surface area contributed by atoms with Gasteiger partial charge in [0.05, 0.1) is 16.4 Å². The fourth-order valence-electron chi connectivity index (χ4n) is 3.29. The van der Waals surface area contributed by atoms with Gasteiger partial charge in [0.25, 0.3) is 0 Å². The number of nitrogens with zero attached hydrogens (tertiary/aromatic N) is 3. The monoisotopic (exact) mass is 268 g/mol. The summed E-state index contributed by atoms with van der Waals surface area (Å²) in [4.78, 5) is 2.53. The maximum atomic E-state index is 6.41. The SMILES string of the molecule is CCc1nn(C)c(CN2C[C@H]3CNC[C@H]3C2)c1Cl. The van der Waals surface area contributed by atoms with E-state index in [4.69, 9.17) is 11.6 Å². The molecule has 0 spiro atoms. The van der Waals surface area contributed by atoms with Gasteiger partial charge in [0.15, 0.2) is 0 Å². The van der Waals surface area contributed by atoms with E-state index in [0.29, 0.717) is 0 Å². The zero-order chi connectivity index (χ0) is 12.7. The molecule has 3 heterocycles. The lowest BCUT2D eigenvalue weighted by Gasteiger charge is -2.17. The summed E-state index contributed by atoms with van der Waals surface area (Å²) in [6, 6.07) is 0. The zero-order valence-electron chi connectivity index (χ0n) is 11.1. The Morgan fingerprint density at radius 1 is 1.33 bits per heavy atom. The fourth-order valence-corrected chi connectivity index (χ4v) is 3.64. The van der Waals surface area contributed by atoms with Crippen molar-refractivity contribution in [2.24, 2.45) is 18.9 Å². The molecule has 0 amide bonds. The molecule has 1 aromatic heterocycles. The van der Waals surface area contributed by atoms with Gasteiger partial charge in [-0.1, -0.05) is 18.5 Å². The lowest BCUT2D eigenvalue weighted by atomic mass is 10.0. The van der Waals surface area contributed by atoms with Crippen LogP contribution < -0.4 is 5.32 Å². The molecule has 18 heavy (non-hydrogen) atoms. The molecule has 0 aromatic carbocycles. The molecule has 2 atom stereocenters. The highest BCUT2D eigenvalue weighted by Gasteiger charge is 2.36. The van der Waals surface area contributed by atoms with Crippen molar-refractivity contribution in [3.63, 3.8) is 0 Å². The molecule has 0 radical (unpaired) electrons. The molecule has 2 aliphatic rings. The molecule has 1 aromatic rings. The van der Waals surface area contributed by atoms with Gasteiger partial charge >= 0.3 is 0 Å². The first-order valence-corrected chi connectivity index (χ1v) is 7.20. The number of hydrogen-bond acceptors (Lipinski definition) is 3. The van der Waals surface area contributed by atoms with E-state index >= 15 is 0 Å². The molecule has 2 aliphatic heterocycles. The first-order chi connectivity index (χ1) is 8.69. The summed E-state index contributed by atoms with van der Waals surface area (Å²) >= 11 is 6.41. The maximum absolute atomic E-state index is 6.41. The van der Waals surface area contributed by atoms with Crippen LogP contribution in [0, 0.1) is 11.8 Å². The zero-order valence-corrected chi connectivity index (χ0v) is 11.9. The average Bonchev–Trinajstić information content (AvgIpc) is 2.97. The van der Waals surface area contributed by atoms with Crippen molar-refractivity contribution in [3.05, 3.63) is 16.4 Å². The van der Waals surface area contributed by atoms with Crippen LogP contribution >= 0.6 is 11.6 Å². The molecular weight excluding hydrogens is 248 g/mol. The highest BCUT2D eigenvalue weighted by molar-refractivity contribution is 6.31. The number of halogens is 1. The van der Waals surface area contributed by atoms with Crippen molar-refractivity contribution < 1.29 is 0 Å². The van der Waals surface area contributed by atoms with E-state index in [1.807, 2.05) is 11.7 Å². The lowest BCUT2D eigenvalue weighted by Crippen LogP contribution is -2.26. The molecule has 2 fully saturated rings. The van der Waals surface area contributed by atoms with E-state index < -0.39 is 0 Å². The highest BCUT2D eigenvalue weighted by atomic mass is 35.5. The van der Waals surface area contributed by atoms with E-state index in [1.54, 1.807) is 0 Å². The normalized spacial score (nSPS) is 27.9. The van der Waals surface area contributed by atoms with Gasteiger partial charge in [-0.25, -0.2) is 0 Å². The van der Waals surface area contributed by atoms with Gasteiger partial charge in [0, 0.05) is 26.7 Å². The predicted octanol–water partition coefficient (Wildman–Crippen LogP) is 1.29. The van der Waals surface area contributed by atoms with Crippen molar-refractivity contribution >= 4 is 11.6 Å². The van der Waals surface area contributed by atoms with E-state index in [9.17, 15) is 0 Å². The number of nitrogens with one attached hydrogen (secondary N) is 1. The van der Waals surface area contributed by atoms with Gasteiger partial charge in [-0.15, -0.1) is 0 Å². The molecule has 0 saturated carbocycles. The molecule has 3 rings (SSSR count). The topological polar surface area (TPSA) is 33.1 Å². The number of rotatable bonds is 3. The minimum absolute atomic E-state index is 0.836. The molecule has 2 saturated heterocycles. The molecule has 0 bridgehead atoms. The fraction of sp³-hybridized carbons (Fsp3) is 0.769. The number of hydrogen-bond donors (Lipinski definition) is 1. The Balaban J connectivity index is 1.72. The maximum Gasteiger partial charge on any atom is 0.0863 e. The Hall–Kier alpha value is -0.580. The molecule has 100 valence electrons.